The zero-order chi connectivity index (χ0) is 14.4. The number of carbonyl (C=O) groups excluding carboxylic acids is 1. The van der Waals surface area contributed by atoms with E-state index in [2.05, 4.69) is 20.4 Å². The molecule has 6 nitrogen and oxygen atoms in total. The Labute approximate surface area is 113 Å². The van der Waals surface area contributed by atoms with Gasteiger partial charge in [0.25, 0.3) is 0 Å². The van der Waals surface area contributed by atoms with Crippen molar-refractivity contribution in [2.24, 2.45) is 0 Å². The Kier molecular flexibility index (Phi) is 4.59. The van der Waals surface area contributed by atoms with Crippen LogP contribution in [0.15, 0.2) is 36.7 Å². The van der Waals surface area contributed by atoms with Gasteiger partial charge >= 0.3 is 6.61 Å². The highest BCUT2D eigenvalue weighted by molar-refractivity contribution is 5.90. The molecule has 1 aromatic heterocycles. The van der Waals surface area contributed by atoms with Crippen LogP contribution in [-0.4, -0.2) is 27.5 Å². The molecule has 1 aromatic carbocycles. The Morgan fingerprint density at radius 3 is 2.70 bits per heavy atom. The SMILES string of the molecule is O=C(CCn1ccnn1)Nc1ccc(OC(F)F)cc1. The van der Waals surface area contributed by atoms with Crippen LogP contribution >= 0.6 is 0 Å². The molecule has 8 heteroatoms. The number of amides is 1. The number of aryl methyl sites for hydroxylation is 1. The number of halogens is 2. The lowest BCUT2D eigenvalue weighted by Crippen LogP contribution is -2.14. The van der Waals surface area contributed by atoms with Gasteiger partial charge in [-0.25, -0.2) is 0 Å². The minimum atomic E-state index is -2.86. The molecule has 20 heavy (non-hydrogen) atoms. The summed E-state index contributed by atoms with van der Waals surface area (Å²) in [4.78, 5) is 11.6. The lowest BCUT2D eigenvalue weighted by molar-refractivity contribution is -0.116. The first-order valence-corrected chi connectivity index (χ1v) is 5.82. The molecule has 0 saturated carbocycles. The second kappa shape index (κ2) is 6.60. The first kappa shape index (κ1) is 13.9. The first-order valence-electron chi connectivity index (χ1n) is 5.82. The van der Waals surface area contributed by atoms with Gasteiger partial charge in [0.15, 0.2) is 0 Å². The average molecular weight is 282 g/mol. The van der Waals surface area contributed by atoms with Crippen molar-refractivity contribution in [2.45, 2.75) is 19.6 Å². The van der Waals surface area contributed by atoms with E-state index in [1.165, 1.54) is 30.5 Å². The number of aromatic nitrogens is 3. The van der Waals surface area contributed by atoms with Gasteiger partial charge in [-0.1, -0.05) is 5.21 Å². The molecular weight excluding hydrogens is 270 g/mol. The monoisotopic (exact) mass is 282 g/mol. The first-order chi connectivity index (χ1) is 9.63. The van der Waals surface area contributed by atoms with E-state index in [9.17, 15) is 13.6 Å². The smallest absolute Gasteiger partial charge is 0.387 e. The molecule has 0 atom stereocenters. The van der Waals surface area contributed by atoms with Crippen LogP contribution in [0.1, 0.15) is 6.42 Å². The maximum Gasteiger partial charge on any atom is 0.387 e. The molecule has 0 aliphatic carbocycles. The third kappa shape index (κ3) is 4.30. The summed E-state index contributed by atoms with van der Waals surface area (Å²) in [6, 6.07) is 5.70. The highest BCUT2D eigenvalue weighted by Gasteiger charge is 2.06. The van der Waals surface area contributed by atoms with Gasteiger partial charge in [-0.3, -0.25) is 9.48 Å². The van der Waals surface area contributed by atoms with E-state index in [1.807, 2.05) is 0 Å². The largest absolute Gasteiger partial charge is 0.435 e. The van der Waals surface area contributed by atoms with Crippen molar-refractivity contribution < 1.29 is 18.3 Å². The molecule has 0 spiro atoms. The molecule has 0 unspecified atom stereocenters. The summed E-state index contributed by atoms with van der Waals surface area (Å²) in [7, 11) is 0. The molecule has 1 heterocycles. The Balaban J connectivity index is 1.81. The molecule has 2 aromatic rings. The van der Waals surface area contributed by atoms with Crippen molar-refractivity contribution in [1.29, 1.82) is 0 Å². The fraction of sp³-hybridized carbons (Fsp3) is 0.250. The number of hydrogen-bond donors (Lipinski definition) is 1. The maximum absolute atomic E-state index is 12.0. The highest BCUT2D eigenvalue weighted by atomic mass is 19.3. The average Bonchev–Trinajstić information content (AvgIpc) is 2.91. The van der Waals surface area contributed by atoms with Gasteiger partial charge in [0, 0.05) is 18.3 Å². The van der Waals surface area contributed by atoms with Crippen LogP contribution in [0, 0.1) is 0 Å². The van der Waals surface area contributed by atoms with Gasteiger partial charge < -0.3 is 10.1 Å². The number of anilines is 1. The number of alkyl halides is 2. The Morgan fingerprint density at radius 1 is 1.35 bits per heavy atom. The van der Waals surface area contributed by atoms with Crippen LogP contribution in [-0.2, 0) is 11.3 Å². The minimum absolute atomic E-state index is 0.0422. The number of nitrogens with one attached hydrogen (secondary N) is 1. The van der Waals surface area contributed by atoms with E-state index < -0.39 is 6.61 Å². The van der Waals surface area contributed by atoms with Gasteiger partial charge in [0.05, 0.1) is 12.7 Å². The van der Waals surface area contributed by atoms with Crippen LogP contribution in [0.5, 0.6) is 5.75 Å². The van der Waals surface area contributed by atoms with E-state index in [0.717, 1.165) is 0 Å². The molecule has 0 bridgehead atoms. The molecule has 0 aliphatic heterocycles. The molecule has 0 fully saturated rings. The van der Waals surface area contributed by atoms with Gasteiger partial charge in [-0.05, 0) is 24.3 Å². The second-order valence-corrected chi connectivity index (χ2v) is 3.87. The fourth-order valence-electron chi connectivity index (χ4n) is 1.51. The van der Waals surface area contributed by atoms with Crippen LogP contribution in [0.4, 0.5) is 14.5 Å². The third-order valence-electron chi connectivity index (χ3n) is 2.40. The summed E-state index contributed by atoms with van der Waals surface area (Å²) in [6.07, 6.45) is 3.42. The normalized spacial score (nSPS) is 10.6. The van der Waals surface area contributed by atoms with Crippen molar-refractivity contribution >= 4 is 11.6 Å². The van der Waals surface area contributed by atoms with Crippen molar-refractivity contribution in [1.82, 2.24) is 15.0 Å². The van der Waals surface area contributed by atoms with E-state index in [-0.39, 0.29) is 18.1 Å². The highest BCUT2D eigenvalue weighted by Crippen LogP contribution is 2.17. The lowest BCUT2D eigenvalue weighted by atomic mass is 10.3. The minimum Gasteiger partial charge on any atom is -0.435 e. The van der Waals surface area contributed by atoms with Gasteiger partial charge in [-0.2, -0.15) is 8.78 Å². The van der Waals surface area contributed by atoms with Gasteiger partial charge in [0.2, 0.25) is 5.91 Å². The molecule has 106 valence electrons. The number of nitrogens with zero attached hydrogens (tertiary/aromatic N) is 3. The second-order valence-electron chi connectivity index (χ2n) is 3.87. The number of carbonyl (C=O) groups is 1. The molecular formula is C12H12F2N4O2. The summed E-state index contributed by atoms with van der Waals surface area (Å²) in [5.74, 6) is -0.163. The van der Waals surface area contributed by atoms with Crippen molar-refractivity contribution in [3.8, 4) is 5.75 Å². The predicted octanol–water partition coefficient (Wildman–Crippen LogP) is 1.91. The van der Waals surface area contributed by atoms with E-state index in [0.29, 0.717) is 12.2 Å². The number of rotatable bonds is 6. The lowest BCUT2D eigenvalue weighted by Gasteiger charge is -2.07. The fourth-order valence-corrected chi connectivity index (χ4v) is 1.51. The molecule has 0 saturated heterocycles. The molecule has 2 rings (SSSR count). The number of ether oxygens (including phenoxy) is 1. The van der Waals surface area contributed by atoms with Gasteiger partial charge in [0.1, 0.15) is 5.75 Å². The molecule has 1 N–H and O–H groups in total. The van der Waals surface area contributed by atoms with Gasteiger partial charge in [-0.15, -0.1) is 5.10 Å². The van der Waals surface area contributed by atoms with E-state index >= 15 is 0 Å². The van der Waals surface area contributed by atoms with Crippen molar-refractivity contribution in [3.63, 3.8) is 0 Å². The molecule has 1 amide bonds. The van der Waals surface area contributed by atoms with Crippen LogP contribution in [0.2, 0.25) is 0 Å². The zero-order valence-corrected chi connectivity index (χ0v) is 10.4. The topological polar surface area (TPSA) is 69.0 Å². The van der Waals surface area contributed by atoms with Crippen LogP contribution in [0.3, 0.4) is 0 Å². The van der Waals surface area contributed by atoms with Crippen molar-refractivity contribution in [2.75, 3.05) is 5.32 Å². The quantitative estimate of drug-likeness (QED) is 0.878. The number of hydrogen-bond acceptors (Lipinski definition) is 4. The van der Waals surface area contributed by atoms with Crippen LogP contribution < -0.4 is 10.1 Å². The van der Waals surface area contributed by atoms with E-state index in [1.54, 1.807) is 10.9 Å². The zero-order valence-electron chi connectivity index (χ0n) is 10.4. The third-order valence-corrected chi connectivity index (χ3v) is 2.40. The molecule has 0 radical (unpaired) electrons. The Hall–Kier alpha value is -2.51. The summed E-state index contributed by atoms with van der Waals surface area (Å²) >= 11 is 0. The predicted molar refractivity (Wildman–Crippen MR) is 66.3 cm³/mol. The maximum atomic E-state index is 12.0. The van der Waals surface area contributed by atoms with Crippen molar-refractivity contribution in [3.05, 3.63) is 36.7 Å². The standard InChI is InChI=1S/C12H12F2N4O2/c13-12(14)20-10-3-1-9(2-4-10)16-11(19)5-7-18-8-6-15-17-18/h1-4,6,8,12H,5,7H2,(H,16,19). The number of benzene rings is 1. The Morgan fingerprint density at radius 2 is 2.10 bits per heavy atom. The summed E-state index contributed by atoms with van der Waals surface area (Å²) in [6.45, 7) is -2.45. The summed E-state index contributed by atoms with van der Waals surface area (Å²) in [5.41, 5.74) is 0.509. The Bertz CT molecular complexity index is 543. The molecule has 0 aliphatic rings. The van der Waals surface area contributed by atoms with E-state index in [4.69, 9.17) is 0 Å². The summed E-state index contributed by atoms with van der Waals surface area (Å²) in [5, 5.41) is 10.00. The summed E-state index contributed by atoms with van der Waals surface area (Å²) < 4.78 is 29.7. The van der Waals surface area contributed by atoms with Crippen LogP contribution in [0.25, 0.3) is 0 Å².